The number of imidazole rings is 1. The number of H-pyrrole nitrogens is 1. The quantitative estimate of drug-likeness (QED) is 0.784. The van der Waals surface area contributed by atoms with E-state index in [1.807, 2.05) is 12.1 Å². The van der Waals surface area contributed by atoms with E-state index in [0.717, 1.165) is 30.1 Å². The van der Waals surface area contributed by atoms with Gasteiger partial charge in [-0.05, 0) is 31.5 Å². The number of nitriles is 1. The van der Waals surface area contributed by atoms with E-state index >= 15 is 0 Å². The fraction of sp³-hybridized carbons (Fsp3) is 0.429. The SMILES string of the molecule is N#Cc1cccc2[nH]c(NCC3CCCCN3)nc12. The first-order valence-corrected chi connectivity index (χ1v) is 6.73. The van der Waals surface area contributed by atoms with Gasteiger partial charge in [0, 0.05) is 12.6 Å². The lowest BCUT2D eigenvalue weighted by atomic mass is 10.1. The average Bonchev–Trinajstić information content (AvgIpc) is 2.89. The van der Waals surface area contributed by atoms with E-state index in [-0.39, 0.29) is 0 Å². The van der Waals surface area contributed by atoms with E-state index in [9.17, 15) is 0 Å². The van der Waals surface area contributed by atoms with Crippen LogP contribution in [0.5, 0.6) is 0 Å². The molecular formula is C14H17N5. The van der Waals surface area contributed by atoms with Crippen LogP contribution in [-0.2, 0) is 0 Å². The van der Waals surface area contributed by atoms with Crippen LogP contribution in [0.25, 0.3) is 11.0 Å². The summed E-state index contributed by atoms with van der Waals surface area (Å²) in [6.07, 6.45) is 3.77. The molecule has 0 amide bonds. The van der Waals surface area contributed by atoms with Crippen molar-refractivity contribution in [3.8, 4) is 6.07 Å². The van der Waals surface area contributed by atoms with E-state index < -0.39 is 0 Å². The van der Waals surface area contributed by atoms with Crippen molar-refractivity contribution in [2.24, 2.45) is 0 Å². The molecule has 1 aromatic heterocycles. The lowest BCUT2D eigenvalue weighted by Gasteiger charge is -2.23. The third-order valence-electron chi connectivity index (χ3n) is 3.56. The molecule has 0 radical (unpaired) electrons. The molecule has 1 saturated heterocycles. The van der Waals surface area contributed by atoms with Gasteiger partial charge < -0.3 is 15.6 Å². The Morgan fingerprint density at radius 2 is 2.37 bits per heavy atom. The van der Waals surface area contributed by atoms with Gasteiger partial charge >= 0.3 is 0 Å². The van der Waals surface area contributed by atoms with Crippen molar-refractivity contribution in [3.05, 3.63) is 23.8 Å². The van der Waals surface area contributed by atoms with Crippen LogP contribution in [0.4, 0.5) is 5.95 Å². The highest BCUT2D eigenvalue weighted by atomic mass is 15.1. The fourth-order valence-electron chi connectivity index (χ4n) is 2.52. The number of hydrogen-bond donors (Lipinski definition) is 3. The minimum Gasteiger partial charge on any atom is -0.354 e. The van der Waals surface area contributed by atoms with Crippen LogP contribution in [0, 0.1) is 11.3 Å². The van der Waals surface area contributed by atoms with E-state index in [1.165, 1.54) is 19.3 Å². The number of benzene rings is 1. The van der Waals surface area contributed by atoms with Crippen molar-refractivity contribution in [1.29, 1.82) is 5.26 Å². The summed E-state index contributed by atoms with van der Waals surface area (Å²) in [4.78, 5) is 7.66. The zero-order chi connectivity index (χ0) is 13.1. The van der Waals surface area contributed by atoms with Gasteiger partial charge in [-0.2, -0.15) is 5.26 Å². The predicted octanol–water partition coefficient (Wildman–Crippen LogP) is 1.99. The first-order chi connectivity index (χ1) is 9.36. The van der Waals surface area contributed by atoms with Crippen molar-refractivity contribution in [1.82, 2.24) is 15.3 Å². The lowest BCUT2D eigenvalue weighted by Crippen LogP contribution is -2.39. The minimum absolute atomic E-state index is 0.511. The van der Waals surface area contributed by atoms with Crippen molar-refractivity contribution >= 4 is 17.0 Å². The zero-order valence-electron chi connectivity index (χ0n) is 10.7. The first kappa shape index (κ1) is 12.0. The monoisotopic (exact) mass is 255 g/mol. The highest BCUT2D eigenvalue weighted by Gasteiger charge is 2.13. The number of fused-ring (bicyclic) bond motifs is 1. The summed E-state index contributed by atoms with van der Waals surface area (Å²) in [6, 6.07) is 8.27. The van der Waals surface area contributed by atoms with Crippen LogP contribution >= 0.6 is 0 Å². The average molecular weight is 255 g/mol. The Labute approximate surface area is 112 Å². The highest BCUT2D eigenvalue weighted by molar-refractivity contribution is 5.83. The van der Waals surface area contributed by atoms with Crippen LogP contribution in [0.2, 0.25) is 0 Å². The molecule has 0 aliphatic carbocycles. The molecule has 1 aliphatic heterocycles. The number of nitrogens with zero attached hydrogens (tertiary/aromatic N) is 2. The maximum absolute atomic E-state index is 9.04. The number of aromatic nitrogens is 2. The summed E-state index contributed by atoms with van der Waals surface area (Å²) in [5, 5.41) is 15.9. The van der Waals surface area contributed by atoms with E-state index in [0.29, 0.717) is 11.6 Å². The minimum atomic E-state index is 0.511. The third kappa shape index (κ3) is 2.54. The normalized spacial score (nSPS) is 19.2. The summed E-state index contributed by atoms with van der Waals surface area (Å²) in [7, 11) is 0. The van der Waals surface area contributed by atoms with Crippen molar-refractivity contribution < 1.29 is 0 Å². The van der Waals surface area contributed by atoms with Gasteiger partial charge in [-0.1, -0.05) is 12.5 Å². The Kier molecular flexibility index (Phi) is 3.34. The van der Waals surface area contributed by atoms with Gasteiger partial charge in [0.2, 0.25) is 5.95 Å². The lowest BCUT2D eigenvalue weighted by molar-refractivity contribution is 0.414. The fourth-order valence-corrected chi connectivity index (χ4v) is 2.52. The van der Waals surface area contributed by atoms with Crippen molar-refractivity contribution in [2.75, 3.05) is 18.4 Å². The standard InChI is InChI=1S/C14H17N5/c15-8-10-4-3-6-12-13(10)19-14(18-12)17-9-11-5-1-2-7-16-11/h3-4,6,11,16H,1-2,5,7,9H2,(H2,17,18,19). The van der Waals surface area contributed by atoms with Crippen LogP contribution in [-0.4, -0.2) is 29.1 Å². The van der Waals surface area contributed by atoms with E-state index in [1.54, 1.807) is 6.07 Å². The second-order valence-electron chi connectivity index (χ2n) is 4.93. The number of anilines is 1. The van der Waals surface area contributed by atoms with Gasteiger partial charge in [-0.15, -0.1) is 0 Å². The molecule has 0 spiro atoms. The smallest absolute Gasteiger partial charge is 0.201 e. The van der Waals surface area contributed by atoms with Gasteiger partial charge in [0.25, 0.3) is 0 Å². The molecule has 1 aromatic carbocycles. The van der Waals surface area contributed by atoms with Crippen LogP contribution in [0.3, 0.4) is 0 Å². The van der Waals surface area contributed by atoms with Crippen molar-refractivity contribution in [3.63, 3.8) is 0 Å². The van der Waals surface area contributed by atoms with E-state index in [4.69, 9.17) is 5.26 Å². The first-order valence-electron chi connectivity index (χ1n) is 6.73. The van der Waals surface area contributed by atoms with Gasteiger partial charge in [0.15, 0.2) is 0 Å². The van der Waals surface area contributed by atoms with Crippen molar-refractivity contribution in [2.45, 2.75) is 25.3 Å². The molecule has 1 atom stereocenters. The molecule has 0 saturated carbocycles. The summed E-state index contributed by atoms with van der Waals surface area (Å²) in [5.41, 5.74) is 2.25. The second kappa shape index (κ2) is 5.29. The zero-order valence-corrected chi connectivity index (χ0v) is 10.7. The molecule has 5 nitrogen and oxygen atoms in total. The molecule has 5 heteroatoms. The molecule has 19 heavy (non-hydrogen) atoms. The Hall–Kier alpha value is -2.06. The predicted molar refractivity (Wildman–Crippen MR) is 74.9 cm³/mol. The summed E-state index contributed by atoms with van der Waals surface area (Å²) < 4.78 is 0. The van der Waals surface area contributed by atoms with Gasteiger partial charge in [-0.25, -0.2) is 4.98 Å². The molecule has 3 N–H and O–H groups in total. The molecule has 1 unspecified atom stereocenters. The third-order valence-corrected chi connectivity index (χ3v) is 3.56. The van der Waals surface area contributed by atoms with Gasteiger partial charge in [0.1, 0.15) is 11.6 Å². The molecule has 2 heterocycles. The van der Waals surface area contributed by atoms with Gasteiger partial charge in [-0.3, -0.25) is 0 Å². The number of aromatic amines is 1. The van der Waals surface area contributed by atoms with Gasteiger partial charge in [0.05, 0.1) is 11.1 Å². The van der Waals surface area contributed by atoms with E-state index in [2.05, 4.69) is 26.7 Å². The highest BCUT2D eigenvalue weighted by Crippen LogP contribution is 2.18. The summed E-state index contributed by atoms with van der Waals surface area (Å²) >= 11 is 0. The van der Waals surface area contributed by atoms with Crippen LogP contribution in [0.15, 0.2) is 18.2 Å². The Balaban J connectivity index is 1.73. The Bertz CT molecular complexity index is 604. The Morgan fingerprint density at radius 3 is 3.16 bits per heavy atom. The Morgan fingerprint density at radius 1 is 1.42 bits per heavy atom. The van der Waals surface area contributed by atoms with Crippen LogP contribution < -0.4 is 10.6 Å². The largest absolute Gasteiger partial charge is 0.354 e. The summed E-state index contributed by atoms with van der Waals surface area (Å²) in [5.74, 6) is 0.741. The number of piperidine rings is 1. The maximum atomic E-state index is 9.04. The summed E-state index contributed by atoms with van der Waals surface area (Å²) in [6.45, 7) is 1.97. The second-order valence-corrected chi connectivity index (χ2v) is 4.93. The van der Waals surface area contributed by atoms with Crippen LogP contribution in [0.1, 0.15) is 24.8 Å². The molecule has 98 valence electrons. The molecular weight excluding hydrogens is 238 g/mol. The topological polar surface area (TPSA) is 76.5 Å². The number of nitrogens with one attached hydrogen (secondary N) is 3. The molecule has 3 rings (SSSR count). The molecule has 0 bridgehead atoms. The maximum Gasteiger partial charge on any atom is 0.201 e. The molecule has 1 aliphatic rings. The number of rotatable bonds is 3. The number of hydrogen-bond acceptors (Lipinski definition) is 4. The molecule has 1 fully saturated rings. The molecule has 2 aromatic rings. The number of para-hydroxylation sites is 1.